The van der Waals surface area contributed by atoms with Crippen molar-refractivity contribution in [1.82, 2.24) is 0 Å². The second kappa shape index (κ2) is 5.82. The molecule has 0 bridgehead atoms. The molecule has 0 fully saturated rings. The number of rotatable bonds is 2. The fourth-order valence-electron chi connectivity index (χ4n) is 3.99. The number of esters is 1. The zero-order chi connectivity index (χ0) is 16.7. The van der Waals surface area contributed by atoms with Gasteiger partial charge in [0, 0.05) is 11.6 Å². The average Bonchev–Trinajstić information content (AvgIpc) is 3.11. The van der Waals surface area contributed by atoms with Crippen molar-refractivity contribution in [2.24, 2.45) is 5.92 Å². The summed E-state index contributed by atoms with van der Waals surface area (Å²) in [6, 6.07) is 14.7. The van der Waals surface area contributed by atoms with Crippen LogP contribution in [-0.2, 0) is 4.74 Å². The van der Waals surface area contributed by atoms with E-state index in [0.29, 0.717) is 17.4 Å². The van der Waals surface area contributed by atoms with Crippen LogP contribution in [-0.4, -0.2) is 13.1 Å². The Balaban J connectivity index is 1.69. The van der Waals surface area contributed by atoms with Crippen LogP contribution < -0.4 is 5.32 Å². The molecule has 4 rings (SSSR count). The number of nitrogens with one attached hydrogen (secondary N) is 1. The predicted octanol–water partition coefficient (Wildman–Crippen LogP) is 4.61. The Hall–Kier alpha value is -2.55. The van der Waals surface area contributed by atoms with Gasteiger partial charge in [-0.25, -0.2) is 4.79 Å². The number of hydrogen-bond donors (Lipinski definition) is 1. The summed E-state index contributed by atoms with van der Waals surface area (Å²) in [4.78, 5) is 11.6. The van der Waals surface area contributed by atoms with Crippen molar-refractivity contribution < 1.29 is 9.53 Å². The molecule has 0 aromatic heterocycles. The third kappa shape index (κ3) is 2.41. The maximum absolute atomic E-state index is 11.6. The average molecular weight is 319 g/mol. The topological polar surface area (TPSA) is 38.3 Å². The summed E-state index contributed by atoms with van der Waals surface area (Å²) in [6.45, 7) is 2.14. The van der Waals surface area contributed by atoms with E-state index in [1.807, 2.05) is 24.3 Å². The molecule has 1 heterocycles. The van der Waals surface area contributed by atoms with Crippen molar-refractivity contribution in [2.45, 2.75) is 25.3 Å². The molecule has 0 unspecified atom stereocenters. The summed E-state index contributed by atoms with van der Waals surface area (Å²) in [6.07, 6.45) is 5.72. The Kier molecular flexibility index (Phi) is 3.64. The molecule has 0 radical (unpaired) electrons. The molecule has 0 saturated heterocycles. The van der Waals surface area contributed by atoms with Gasteiger partial charge in [-0.2, -0.15) is 0 Å². The van der Waals surface area contributed by atoms with E-state index in [1.165, 1.54) is 29.5 Å². The number of anilines is 1. The fourth-order valence-corrected chi connectivity index (χ4v) is 3.99. The summed E-state index contributed by atoms with van der Waals surface area (Å²) >= 11 is 0. The van der Waals surface area contributed by atoms with Crippen molar-refractivity contribution in [2.75, 3.05) is 12.4 Å². The van der Waals surface area contributed by atoms with Crippen LogP contribution in [0.25, 0.3) is 0 Å². The Morgan fingerprint density at radius 1 is 1.17 bits per heavy atom. The minimum absolute atomic E-state index is 0.256. The normalized spacial score (nSPS) is 24.0. The number of benzene rings is 2. The van der Waals surface area contributed by atoms with Crippen molar-refractivity contribution in [1.29, 1.82) is 0 Å². The van der Waals surface area contributed by atoms with Gasteiger partial charge in [-0.3, -0.25) is 0 Å². The molecule has 2 aromatic rings. The third-order valence-corrected chi connectivity index (χ3v) is 5.21. The maximum Gasteiger partial charge on any atom is 0.337 e. The smallest absolute Gasteiger partial charge is 0.337 e. The Morgan fingerprint density at radius 3 is 2.71 bits per heavy atom. The summed E-state index contributed by atoms with van der Waals surface area (Å²) in [5.74, 6) is 0.689. The Labute approximate surface area is 142 Å². The van der Waals surface area contributed by atoms with Crippen molar-refractivity contribution in [3.63, 3.8) is 0 Å². The number of fused-ring (bicyclic) bond motifs is 3. The van der Waals surface area contributed by atoms with Crippen LogP contribution in [0.5, 0.6) is 0 Å². The lowest BCUT2D eigenvalue weighted by Crippen LogP contribution is -2.29. The molecule has 0 amide bonds. The van der Waals surface area contributed by atoms with E-state index < -0.39 is 0 Å². The first-order chi connectivity index (χ1) is 11.7. The van der Waals surface area contributed by atoms with E-state index in [9.17, 15) is 4.79 Å². The molecule has 1 aliphatic carbocycles. The number of aryl methyl sites for hydroxylation is 1. The molecule has 24 heavy (non-hydrogen) atoms. The van der Waals surface area contributed by atoms with Gasteiger partial charge in [0.05, 0.1) is 18.7 Å². The standard InChI is InChI=1S/C21H21NO2/c1-13-6-11-19-18(12-13)16-4-3-5-17(16)20(22-19)14-7-9-15(10-8-14)21(23)24-2/h3-4,6-12,16-17,20,22H,5H2,1-2H3/t16-,17+,20+/m1/s1. The zero-order valence-electron chi connectivity index (χ0n) is 14.0. The SMILES string of the molecule is COC(=O)c1ccc([C@@H]2Nc3ccc(C)cc3[C@@H]3C=CC[C@@H]32)cc1. The highest BCUT2D eigenvalue weighted by Crippen LogP contribution is 2.49. The van der Waals surface area contributed by atoms with E-state index in [0.717, 1.165) is 6.42 Å². The molecule has 1 aliphatic heterocycles. The number of allylic oxidation sites excluding steroid dienone is 2. The second-order valence-corrected chi connectivity index (χ2v) is 6.68. The van der Waals surface area contributed by atoms with Crippen LogP contribution in [0.3, 0.4) is 0 Å². The molecule has 122 valence electrons. The lowest BCUT2D eigenvalue weighted by Gasteiger charge is -2.37. The number of ether oxygens (including phenoxy) is 1. The molecule has 2 aromatic carbocycles. The number of carbonyl (C=O) groups excluding carboxylic acids is 1. The molecule has 0 spiro atoms. The van der Waals surface area contributed by atoms with Crippen LogP contribution in [0.1, 0.15) is 45.4 Å². The van der Waals surface area contributed by atoms with Crippen molar-refractivity contribution >= 4 is 11.7 Å². The summed E-state index contributed by atoms with van der Waals surface area (Å²) in [5.41, 5.74) is 5.73. The highest BCUT2D eigenvalue weighted by molar-refractivity contribution is 5.89. The van der Waals surface area contributed by atoms with Gasteiger partial charge in [0.15, 0.2) is 0 Å². The maximum atomic E-state index is 11.6. The molecule has 3 nitrogen and oxygen atoms in total. The van der Waals surface area contributed by atoms with Crippen LogP contribution in [0.4, 0.5) is 5.69 Å². The Morgan fingerprint density at radius 2 is 1.96 bits per heavy atom. The number of methoxy groups -OCH3 is 1. The van der Waals surface area contributed by atoms with Gasteiger partial charge in [-0.1, -0.05) is 42.0 Å². The number of carbonyl (C=O) groups is 1. The minimum atomic E-state index is -0.292. The van der Waals surface area contributed by atoms with Gasteiger partial charge in [-0.05, 0) is 48.6 Å². The van der Waals surface area contributed by atoms with Gasteiger partial charge in [0.2, 0.25) is 0 Å². The van der Waals surface area contributed by atoms with E-state index in [4.69, 9.17) is 4.74 Å². The lowest BCUT2D eigenvalue weighted by atomic mass is 9.76. The molecule has 3 heteroatoms. The third-order valence-electron chi connectivity index (χ3n) is 5.21. The second-order valence-electron chi connectivity index (χ2n) is 6.68. The quantitative estimate of drug-likeness (QED) is 0.649. The van der Waals surface area contributed by atoms with Crippen LogP contribution in [0, 0.1) is 12.8 Å². The highest BCUT2D eigenvalue weighted by atomic mass is 16.5. The first-order valence-corrected chi connectivity index (χ1v) is 8.39. The van der Waals surface area contributed by atoms with Gasteiger partial charge >= 0.3 is 5.97 Å². The summed E-state index contributed by atoms with van der Waals surface area (Å²) in [5, 5.41) is 3.72. The molecular weight excluding hydrogens is 298 g/mol. The molecule has 1 N–H and O–H groups in total. The first kappa shape index (κ1) is 15.0. The molecular formula is C21H21NO2. The van der Waals surface area contributed by atoms with Gasteiger partial charge in [-0.15, -0.1) is 0 Å². The number of hydrogen-bond acceptors (Lipinski definition) is 3. The largest absolute Gasteiger partial charge is 0.465 e. The van der Waals surface area contributed by atoms with Crippen LogP contribution in [0.15, 0.2) is 54.6 Å². The minimum Gasteiger partial charge on any atom is -0.465 e. The predicted molar refractivity (Wildman–Crippen MR) is 95.3 cm³/mol. The summed E-state index contributed by atoms with van der Waals surface area (Å²) < 4.78 is 4.78. The molecule has 0 saturated carbocycles. The van der Waals surface area contributed by atoms with Gasteiger partial charge in [0.25, 0.3) is 0 Å². The van der Waals surface area contributed by atoms with E-state index in [2.05, 4.69) is 42.6 Å². The van der Waals surface area contributed by atoms with Crippen molar-refractivity contribution in [3.8, 4) is 0 Å². The Bertz CT molecular complexity index is 807. The zero-order valence-corrected chi connectivity index (χ0v) is 14.0. The van der Waals surface area contributed by atoms with Gasteiger partial charge < -0.3 is 10.1 Å². The monoisotopic (exact) mass is 319 g/mol. The fraction of sp³-hybridized carbons (Fsp3) is 0.286. The highest BCUT2D eigenvalue weighted by Gasteiger charge is 2.37. The molecule has 3 atom stereocenters. The van der Waals surface area contributed by atoms with Crippen LogP contribution >= 0.6 is 0 Å². The lowest BCUT2D eigenvalue weighted by molar-refractivity contribution is 0.0600. The van der Waals surface area contributed by atoms with E-state index in [1.54, 1.807) is 0 Å². The first-order valence-electron chi connectivity index (χ1n) is 8.39. The van der Waals surface area contributed by atoms with E-state index in [-0.39, 0.29) is 12.0 Å². The van der Waals surface area contributed by atoms with Crippen LogP contribution in [0.2, 0.25) is 0 Å². The molecule has 2 aliphatic rings. The van der Waals surface area contributed by atoms with Gasteiger partial charge in [0.1, 0.15) is 0 Å². The summed E-state index contributed by atoms with van der Waals surface area (Å²) in [7, 11) is 1.41. The van der Waals surface area contributed by atoms with E-state index >= 15 is 0 Å². The van der Waals surface area contributed by atoms with Crippen molar-refractivity contribution in [3.05, 3.63) is 76.9 Å².